The molecule has 0 aliphatic heterocycles. The highest BCUT2D eigenvalue weighted by molar-refractivity contribution is 6.04. The number of carbonyl (C=O) groups excluding carboxylic acids is 2. The minimum atomic E-state index is -0.468. The van der Waals surface area contributed by atoms with Crippen LogP contribution in [0, 0.1) is 5.82 Å². The lowest BCUT2D eigenvalue weighted by molar-refractivity contribution is 0.0498. The molecule has 2 aromatic rings. The van der Waals surface area contributed by atoms with Crippen molar-refractivity contribution < 1.29 is 18.7 Å². The zero-order valence-corrected chi connectivity index (χ0v) is 14.3. The Morgan fingerprint density at radius 2 is 1.76 bits per heavy atom. The van der Waals surface area contributed by atoms with Gasteiger partial charge in [-0.1, -0.05) is 32.3 Å². The molecule has 0 radical (unpaired) electrons. The van der Waals surface area contributed by atoms with E-state index in [0.717, 1.165) is 25.7 Å². The van der Waals surface area contributed by atoms with E-state index in [0.29, 0.717) is 17.9 Å². The third kappa shape index (κ3) is 6.03. The number of anilines is 1. The van der Waals surface area contributed by atoms with Gasteiger partial charge in [0.15, 0.2) is 0 Å². The van der Waals surface area contributed by atoms with Gasteiger partial charge in [-0.2, -0.15) is 0 Å². The van der Waals surface area contributed by atoms with Gasteiger partial charge in [-0.15, -0.1) is 0 Å². The van der Waals surface area contributed by atoms with Crippen molar-refractivity contribution in [3.05, 3.63) is 65.5 Å². The molecular formula is C20H22FNO3. The summed E-state index contributed by atoms with van der Waals surface area (Å²) in [6.07, 6.45) is 4.18. The molecule has 0 aromatic heterocycles. The summed E-state index contributed by atoms with van der Waals surface area (Å²) in [5.74, 6) is -1.25. The summed E-state index contributed by atoms with van der Waals surface area (Å²) in [4.78, 5) is 24.0. The van der Waals surface area contributed by atoms with E-state index in [-0.39, 0.29) is 11.5 Å². The maximum absolute atomic E-state index is 13.1. The molecule has 132 valence electrons. The summed E-state index contributed by atoms with van der Waals surface area (Å²) in [5, 5.41) is 2.66. The second-order valence-corrected chi connectivity index (χ2v) is 5.74. The van der Waals surface area contributed by atoms with E-state index in [2.05, 4.69) is 12.2 Å². The van der Waals surface area contributed by atoms with Crippen LogP contribution in [0.4, 0.5) is 10.1 Å². The van der Waals surface area contributed by atoms with Crippen LogP contribution >= 0.6 is 0 Å². The Kier molecular flexibility index (Phi) is 7.14. The van der Waals surface area contributed by atoms with Gasteiger partial charge in [0, 0.05) is 11.3 Å². The highest BCUT2D eigenvalue weighted by atomic mass is 19.1. The Balaban J connectivity index is 1.86. The molecule has 0 atom stereocenters. The molecule has 0 spiro atoms. The van der Waals surface area contributed by atoms with Crippen LogP contribution in [0.15, 0.2) is 48.5 Å². The third-order valence-corrected chi connectivity index (χ3v) is 3.70. The standard InChI is InChI=1S/C20H22FNO3/c1-2-3-4-5-13-25-20(24)15-9-11-18(12-10-15)22-19(23)16-7-6-8-17(21)14-16/h6-12,14H,2-5,13H2,1H3,(H,22,23). The fourth-order valence-electron chi connectivity index (χ4n) is 2.30. The number of rotatable bonds is 8. The number of carbonyl (C=O) groups is 2. The van der Waals surface area contributed by atoms with E-state index in [1.165, 1.54) is 24.3 Å². The highest BCUT2D eigenvalue weighted by Gasteiger charge is 2.09. The molecule has 0 aliphatic rings. The van der Waals surface area contributed by atoms with E-state index in [1.807, 2.05) is 0 Å². The zero-order chi connectivity index (χ0) is 18.1. The Morgan fingerprint density at radius 3 is 2.44 bits per heavy atom. The van der Waals surface area contributed by atoms with Gasteiger partial charge in [0.1, 0.15) is 5.82 Å². The molecule has 1 N–H and O–H groups in total. The van der Waals surface area contributed by atoms with Crippen molar-refractivity contribution in [1.29, 1.82) is 0 Å². The van der Waals surface area contributed by atoms with E-state index in [1.54, 1.807) is 24.3 Å². The maximum atomic E-state index is 13.1. The van der Waals surface area contributed by atoms with Gasteiger partial charge in [-0.25, -0.2) is 9.18 Å². The van der Waals surface area contributed by atoms with Crippen LogP contribution in [-0.2, 0) is 4.74 Å². The normalized spacial score (nSPS) is 10.3. The Labute approximate surface area is 147 Å². The number of ether oxygens (including phenoxy) is 1. The Morgan fingerprint density at radius 1 is 1.00 bits per heavy atom. The lowest BCUT2D eigenvalue weighted by atomic mass is 10.1. The van der Waals surface area contributed by atoms with Crippen LogP contribution in [-0.4, -0.2) is 18.5 Å². The van der Waals surface area contributed by atoms with Crippen molar-refractivity contribution >= 4 is 17.6 Å². The molecule has 2 rings (SSSR count). The molecule has 5 heteroatoms. The van der Waals surface area contributed by atoms with Crippen LogP contribution < -0.4 is 5.32 Å². The van der Waals surface area contributed by atoms with E-state index in [9.17, 15) is 14.0 Å². The van der Waals surface area contributed by atoms with Crippen molar-refractivity contribution in [3.63, 3.8) is 0 Å². The molecule has 0 bridgehead atoms. The molecule has 1 amide bonds. The number of esters is 1. The molecule has 25 heavy (non-hydrogen) atoms. The first kappa shape index (κ1) is 18.6. The molecule has 0 aliphatic carbocycles. The Bertz CT molecular complexity index is 713. The monoisotopic (exact) mass is 343 g/mol. The predicted molar refractivity (Wildman–Crippen MR) is 95.2 cm³/mol. The number of unbranched alkanes of at least 4 members (excludes halogenated alkanes) is 3. The molecule has 0 saturated carbocycles. The van der Waals surface area contributed by atoms with Crippen LogP contribution in [0.1, 0.15) is 53.3 Å². The molecule has 4 nitrogen and oxygen atoms in total. The Hall–Kier alpha value is -2.69. The lowest BCUT2D eigenvalue weighted by Crippen LogP contribution is -2.12. The molecule has 0 saturated heterocycles. The second kappa shape index (κ2) is 9.57. The topological polar surface area (TPSA) is 55.4 Å². The number of hydrogen-bond donors (Lipinski definition) is 1. The van der Waals surface area contributed by atoms with Crippen molar-refractivity contribution in [2.24, 2.45) is 0 Å². The molecule has 0 heterocycles. The average molecular weight is 343 g/mol. The van der Waals surface area contributed by atoms with Crippen molar-refractivity contribution in [2.45, 2.75) is 32.6 Å². The summed E-state index contributed by atoms with van der Waals surface area (Å²) in [6.45, 7) is 2.54. The first-order chi connectivity index (χ1) is 12.1. The number of amides is 1. The van der Waals surface area contributed by atoms with Gasteiger partial charge >= 0.3 is 5.97 Å². The average Bonchev–Trinajstić information content (AvgIpc) is 2.62. The van der Waals surface area contributed by atoms with Crippen molar-refractivity contribution in [3.8, 4) is 0 Å². The fourth-order valence-corrected chi connectivity index (χ4v) is 2.30. The van der Waals surface area contributed by atoms with Crippen LogP contribution in [0.3, 0.4) is 0 Å². The summed E-state index contributed by atoms with van der Waals surface area (Å²) >= 11 is 0. The highest BCUT2D eigenvalue weighted by Crippen LogP contribution is 2.13. The van der Waals surface area contributed by atoms with E-state index in [4.69, 9.17) is 4.74 Å². The third-order valence-electron chi connectivity index (χ3n) is 3.70. The molecular weight excluding hydrogens is 321 g/mol. The summed E-state index contributed by atoms with van der Waals surface area (Å²) in [6, 6.07) is 11.9. The largest absolute Gasteiger partial charge is 0.462 e. The minimum absolute atomic E-state index is 0.232. The molecule has 0 unspecified atom stereocenters. The summed E-state index contributed by atoms with van der Waals surface area (Å²) in [7, 11) is 0. The lowest BCUT2D eigenvalue weighted by Gasteiger charge is -2.07. The minimum Gasteiger partial charge on any atom is -0.462 e. The number of nitrogens with one attached hydrogen (secondary N) is 1. The van der Waals surface area contributed by atoms with Crippen LogP contribution in [0.25, 0.3) is 0 Å². The molecule has 0 fully saturated rings. The first-order valence-electron chi connectivity index (χ1n) is 8.44. The first-order valence-corrected chi connectivity index (χ1v) is 8.44. The number of halogens is 1. The van der Waals surface area contributed by atoms with Gasteiger partial charge in [-0.3, -0.25) is 4.79 Å². The molecule has 2 aromatic carbocycles. The predicted octanol–water partition coefficient (Wildman–Crippen LogP) is 4.82. The summed E-state index contributed by atoms with van der Waals surface area (Å²) in [5.41, 5.74) is 1.18. The second-order valence-electron chi connectivity index (χ2n) is 5.74. The van der Waals surface area contributed by atoms with Crippen LogP contribution in [0.5, 0.6) is 0 Å². The van der Waals surface area contributed by atoms with Gasteiger partial charge in [0.2, 0.25) is 0 Å². The summed E-state index contributed by atoms with van der Waals surface area (Å²) < 4.78 is 18.4. The van der Waals surface area contributed by atoms with Gasteiger partial charge in [0.05, 0.1) is 12.2 Å². The van der Waals surface area contributed by atoms with Crippen molar-refractivity contribution in [1.82, 2.24) is 0 Å². The van der Waals surface area contributed by atoms with Crippen LogP contribution in [0.2, 0.25) is 0 Å². The maximum Gasteiger partial charge on any atom is 0.338 e. The van der Waals surface area contributed by atoms with E-state index >= 15 is 0 Å². The van der Waals surface area contributed by atoms with Crippen molar-refractivity contribution in [2.75, 3.05) is 11.9 Å². The number of hydrogen-bond acceptors (Lipinski definition) is 3. The fraction of sp³-hybridized carbons (Fsp3) is 0.300. The van der Waals surface area contributed by atoms with Gasteiger partial charge in [0.25, 0.3) is 5.91 Å². The van der Waals surface area contributed by atoms with E-state index < -0.39 is 11.7 Å². The van der Waals surface area contributed by atoms with Gasteiger partial charge < -0.3 is 10.1 Å². The quantitative estimate of drug-likeness (QED) is 0.552. The smallest absolute Gasteiger partial charge is 0.338 e. The number of benzene rings is 2. The zero-order valence-electron chi connectivity index (χ0n) is 14.3. The van der Waals surface area contributed by atoms with Gasteiger partial charge in [-0.05, 0) is 48.9 Å². The SMILES string of the molecule is CCCCCCOC(=O)c1ccc(NC(=O)c2cccc(F)c2)cc1.